The lowest BCUT2D eigenvalue weighted by Gasteiger charge is -2.11. The maximum atomic E-state index is 13.2. The lowest BCUT2D eigenvalue weighted by Crippen LogP contribution is -2.14. The summed E-state index contributed by atoms with van der Waals surface area (Å²) in [6, 6.07) is 9.38. The van der Waals surface area contributed by atoms with Gasteiger partial charge in [0.25, 0.3) is 10.0 Å². The zero-order chi connectivity index (χ0) is 15.6. The third-order valence-electron chi connectivity index (χ3n) is 2.86. The molecule has 0 saturated carbocycles. The van der Waals surface area contributed by atoms with Crippen LogP contribution in [-0.2, 0) is 10.0 Å². The molecule has 108 valence electrons. The average Bonchev–Trinajstić information content (AvgIpc) is 2.42. The minimum atomic E-state index is -3.91. The molecule has 0 aliphatic rings. The second-order valence-electron chi connectivity index (χ2n) is 4.43. The van der Waals surface area contributed by atoms with Crippen LogP contribution < -0.4 is 10.5 Å². The van der Waals surface area contributed by atoms with Crippen LogP contribution in [-0.4, -0.2) is 8.42 Å². The van der Waals surface area contributed by atoms with Gasteiger partial charge in [0.2, 0.25) is 0 Å². The fraction of sp³-hybridized carbons (Fsp3) is 0.0714. The molecule has 0 bridgehead atoms. The number of nitrogens with two attached hydrogens (primary N) is 1. The van der Waals surface area contributed by atoms with Crippen LogP contribution in [0.25, 0.3) is 0 Å². The van der Waals surface area contributed by atoms with Gasteiger partial charge in [0, 0.05) is 5.69 Å². The largest absolute Gasteiger partial charge is 0.399 e. The SMILES string of the molecule is Cc1cc(N)ccc1NS(=O)(=O)c1ccc(F)c(C#N)c1. The van der Waals surface area contributed by atoms with Gasteiger partial charge in [0.05, 0.1) is 16.1 Å². The van der Waals surface area contributed by atoms with Gasteiger partial charge in [-0.05, 0) is 48.9 Å². The molecule has 0 atom stereocenters. The molecule has 0 aliphatic carbocycles. The number of anilines is 2. The summed E-state index contributed by atoms with van der Waals surface area (Å²) in [5.74, 6) is -0.764. The van der Waals surface area contributed by atoms with Crippen LogP contribution in [0.1, 0.15) is 11.1 Å². The van der Waals surface area contributed by atoms with E-state index in [0.29, 0.717) is 16.9 Å². The number of halogens is 1. The summed E-state index contributed by atoms with van der Waals surface area (Å²) in [5.41, 5.74) is 6.81. The molecule has 0 saturated heterocycles. The second-order valence-corrected chi connectivity index (χ2v) is 6.12. The minimum absolute atomic E-state index is 0.184. The number of sulfonamides is 1. The lowest BCUT2D eigenvalue weighted by atomic mass is 10.2. The second kappa shape index (κ2) is 5.42. The Morgan fingerprint density at radius 1 is 1.24 bits per heavy atom. The fourth-order valence-corrected chi connectivity index (χ4v) is 2.92. The first-order valence-electron chi connectivity index (χ1n) is 5.92. The van der Waals surface area contributed by atoms with Gasteiger partial charge in [0.15, 0.2) is 0 Å². The Bertz CT molecular complexity index is 842. The first kappa shape index (κ1) is 14.8. The van der Waals surface area contributed by atoms with E-state index in [9.17, 15) is 12.8 Å². The van der Waals surface area contributed by atoms with Gasteiger partial charge in [0.1, 0.15) is 11.9 Å². The summed E-state index contributed by atoms with van der Waals surface area (Å²) in [6.07, 6.45) is 0. The van der Waals surface area contributed by atoms with Crippen LogP contribution >= 0.6 is 0 Å². The van der Waals surface area contributed by atoms with Gasteiger partial charge in [-0.2, -0.15) is 5.26 Å². The molecule has 0 aliphatic heterocycles. The maximum absolute atomic E-state index is 13.2. The van der Waals surface area contributed by atoms with E-state index in [1.54, 1.807) is 25.1 Å². The monoisotopic (exact) mass is 305 g/mol. The third-order valence-corrected chi connectivity index (χ3v) is 4.23. The van der Waals surface area contributed by atoms with Crippen LogP contribution in [0.3, 0.4) is 0 Å². The van der Waals surface area contributed by atoms with Crippen LogP contribution in [0.2, 0.25) is 0 Å². The molecular weight excluding hydrogens is 293 g/mol. The first-order valence-corrected chi connectivity index (χ1v) is 7.40. The number of aryl methyl sites for hydroxylation is 1. The quantitative estimate of drug-likeness (QED) is 0.851. The number of nitrogen functional groups attached to an aromatic ring is 1. The van der Waals surface area contributed by atoms with E-state index in [1.807, 2.05) is 0 Å². The van der Waals surface area contributed by atoms with Crippen molar-refractivity contribution < 1.29 is 12.8 Å². The zero-order valence-electron chi connectivity index (χ0n) is 11.1. The number of hydrogen-bond donors (Lipinski definition) is 2. The molecule has 3 N–H and O–H groups in total. The molecule has 7 heteroatoms. The molecule has 2 aromatic rings. The maximum Gasteiger partial charge on any atom is 0.261 e. The van der Waals surface area contributed by atoms with Crippen LogP contribution in [0.5, 0.6) is 0 Å². The minimum Gasteiger partial charge on any atom is -0.399 e. The summed E-state index contributed by atoms with van der Waals surface area (Å²) < 4.78 is 40.1. The smallest absolute Gasteiger partial charge is 0.261 e. The Morgan fingerprint density at radius 3 is 2.57 bits per heavy atom. The topological polar surface area (TPSA) is 96.0 Å². The molecule has 0 spiro atoms. The number of hydrogen-bond acceptors (Lipinski definition) is 4. The summed E-state index contributed by atoms with van der Waals surface area (Å²) in [7, 11) is -3.91. The molecular formula is C14H12FN3O2S. The van der Waals surface area contributed by atoms with Crippen molar-refractivity contribution in [2.24, 2.45) is 0 Å². The van der Waals surface area contributed by atoms with Gasteiger partial charge < -0.3 is 5.73 Å². The molecule has 0 amide bonds. The van der Waals surface area contributed by atoms with E-state index >= 15 is 0 Å². The van der Waals surface area contributed by atoms with Gasteiger partial charge in [-0.1, -0.05) is 0 Å². The number of nitrogens with one attached hydrogen (secondary N) is 1. The normalized spacial score (nSPS) is 10.9. The highest BCUT2D eigenvalue weighted by atomic mass is 32.2. The molecule has 5 nitrogen and oxygen atoms in total. The van der Waals surface area contributed by atoms with Crippen LogP contribution in [0, 0.1) is 24.1 Å². The van der Waals surface area contributed by atoms with Gasteiger partial charge >= 0.3 is 0 Å². The number of nitrogens with zero attached hydrogens (tertiary/aromatic N) is 1. The van der Waals surface area contributed by atoms with Crippen molar-refractivity contribution in [3.8, 4) is 6.07 Å². The molecule has 2 rings (SSSR count). The molecule has 0 unspecified atom stereocenters. The van der Waals surface area contributed by atoms with E-state index in [-0.39, 0.29) is 10.5 Å². The summed E-state index contributed by atoms with van der Waals surface area (Å²) in [4.78, 5) is -0.184. The van der Waals surface area contributed by atoms with Gasteiger partial charge in [-0.15, -0.1) is 0 Å². The molecule has 2 aromatic carbocycles. The Kier molecular flexibility index (Phi) is 3.82. The predicted octanol–water partition coefficient (Wildman–Crippen LogP) is 2.39. The van der Waals surface area contributed by atoms with Crippen molar-refractivity contribution >= 4 is 21.4 Å². The van der Waals surface area contributed by atoms with Crippen molar-refractivity contribution in [3.05, 3.63) is 53.3 Å². The molecule has 0 heterocycles. The van der Waals surface area contributed by atoms with Crippen molar-refractivity contribution in [2.75, 3.05) is 10.5 Å². The third kappa shape index (κ3) is 3.12. The van der Waals surface area contributed by atoms with Gasteiger partial charge in [-0.3, -0.25) is 4.72 Å². The van der Waals surface area contributed by atoms with E-state index in [0.717, 1.165) is 18.2 Å². The van der Waals surface area contributed by atoms with E-state index in [1.165, 1.54) is 6.07 Å². The predicted molar refractivity (Wildman–Crippen MR) is 77.5 cm³/mol. The average molecular weight is 305 g/mol. The summed E-state index contributed by atoms with van der Waals surface area (Å²) in [6.45, 7) is 1.71. The lowest BCUT2D eigenvalue weighted by molar-refractivity contribution is 0.599. The standard InChI is InChI=1S/C14H12FN3O2S/c1-9-6-11(17)2-5-14(9)18-21(19,20)12-3-4-13(15)10(7-12)8-16/h2-7,18H,17H2,1H3. The Hall–Kier alpha value is -2.59. The van der Waals surface area contributed by atoms with Crippen LogP contribution in [0.4, 0.5) is 15.8 Å². The number of rotatable bonds is 3. The molecule has 0 fully saturated rings. The molecule has 21 heavy (non-hydrogen) atoms. The van der Waals surface area contributed by atoms with E-state index in [2.05, 4.69) is 4.72 Å². The highest BCUT2D eigenvalue weighted by molar-refractivity contribution is 7.92. The highest BCUT2D eigenvalue weighted by Gasteiger charge is 2.17. The number of benzene rings is 2. The first-order chi connectivity index (χ1) is 9.83. The fourth-order valence-electron chi connectivity index (χ4n) is 1.76. The highest BCUT2D eigenvalue weighted by Crippen LogP contribution is 2.22. The van der Waals surface area contributed by atoms with Crippen molar-refractivity contribution in [2.45, 2.75) is 11.8 Å². The summed E-state index contributed by atoms with van der Waals surface area (Å²) in [5, 5.41) is 8.75. The Morgan fingerprint density at radius 2 is 1.95 bits per heavy atom. The van der Waals surface area contributed by atoms with Crippen molar-refractivity contribution in [3.63, 3.8) is 0 Å². The van der Waals surface area contributed by atoms with Gasteiger partial charge in [-0.25, -0.2) is 12.8 Å². The van der Waals surface area contributed by atoms with E-state index < -0.39 is 15.8 Å². The summed E-state index contributed by atoms with van der Waals surface area (Å²) >= 11 is 0. The van der Waals surface area contributed by atoms with E-state index in [4.69, 9.17) is 11.0 Å². The Balaban J connectivity index is 2.41. The van der Waals surface area contributed by atoms with Crippen molar-refractivity contribution in [1.29, 1.82) is 5.26 Å². The van der Waals surface area contributed by atoms with Crippen molar-refractivity contribution in [1.82, 2.24) is 0 Å². The molecule has 0 radical (unpaired) electrons. The Labute approximate surface area is 121 Å². The zero-order valence-corrected chi connectivity index (χ0v) is 11.9. The molecule has 0 aromatic heterocycles. The number of nitriles is 1. The van der Waals surface area contributed by atoms with Crippen LogP contribution in [0.15, 0.2) is 41.3 Å².